The zero-order valence-electron chi connectivity index (χ0n) is 14.1. The summed E-state index contributed by atoms with van der Waals surface area (Å²) in [5, 5.41) is 9.96. The fourth-order valence-electron chi connectivity index (χ4n) is 3.57. The molecular weight excluding hydrogens is 316 g/mol. The summed E-state index contributed by atoms with van der Waals surface area (Å²) in [4.78, 5) is 18.4. The first kappa shape index (κ1) is 15.8. The molecule has 0 fully saturated rings. The van der Waals surface area contributed by atoms with Crippen molar-refractivity contribution < 1.29 is 10.0 Å². The van der Waals surface area contributed by atoms with E-state index in [-0.39, 0.29) is 0 Å². The van der Waals surface area contributed by atoms with Gasteiger partial charge in [-0.3, -0.25) is 10.0 Å². The Morgan fingerprint density at radius 3 is 2.84 bits per heavy atom. The summed E-state index contributed by atoms with van der Waals surface area (Å²) in [5.41, 5.74) is 6.91. The van der Waals surface area contributed by atoms with Crippen molar-refractivity contribution in [1.29, 1.82) is 0 Å². The second-order valence-electron chi connectivity index (χ2n) is 6.51. The van der Waals surface area contributed by atoms with E-state index in [1.807, 2.05) is 24.4 Å². The van der Waals surface area contributed by atoms with Crippen molar-refractivity contribution in [3.8, 4) is 0 Å². The molecule has 6 heteroatoms. The molecule has 0 aliphatic carbocycles. The number of hydroxylamine groups is 1. The Hall–Kier alpha value is -2.70. The lowest BCUT2D eigenvalue weighted by atomic mass is 10.0. The van der Waals surface area contributed by atoms with Crippen LogP contribution in [0.1, 0.15) is 27.2 Å². The van der Waals surface area contributed by atoms with Gasteiger partial charge in [0.2, 0.25) is 0 Å². The van der Waals surface area contributed by atoms with Crippen molar-refractivity contribution in [3.63, 3.8) is 0 Å². The summed E-state index contributed by atoms with van der Waals surface area (Å²) in [7, 11) is 2.14. The van der Waals surface area contributed by atoms with Gasteiger partial charge in [-0.25, -0.2) is 10.5 Å². The lowest BCUT2D eigenvalue weighted by Crippen LogP contribution is -2.27. The molecule has 2 aromatic heterocycles. The molecule has 1 aromatic carbocycles. The van der Waals surface area contributed by atoms with Gasteiger partial charge in [0.15, 0.2) is 0 Å². The summed E-state index contributed by atoms with van der Waals surface area (Å²) >= 11 is 0. The van der Waals surface area contributed by atoms with Crippen LogP contribution in [0.5, 0.6) is 0 Å². The molecule has 0 atom stereocenters. The second kappa shape index (κ2) is 6.31. The number of rotatable bonds is 3. The van der Waals surface area contributed by atoms with Crippen LogP contribution in [0.3, 0.4) is 0 Å². The van der Waals surface area contributed by atoms with Crippen molar-refractivity contribution in [1.82, 2.24) is 19.9 Å². The maximum absolute atomic E-state index is 11.5. The van der Waals surface area contributed by atoms with E-state index in [4.69, 9.17) is 5.21 Å². The number of carbonyl (C=O) groups excluding carboxylic acids is 1. The number of nitrogens with zero attached hydrogens (tertiary/aromatic N) is 3. The zero-order chi connectivity index (χ0) is 17.4. The van der Waals surface area contributed by atoms with Crippen molar-refractivity contribution in [2.75, 3.05) is 13.6 Å². The minimum Gasteiger partial charge on any atom is -0.324 e. The average Bonchev–Trinajstić information content (AvgIpc) is 2.95. The van der Waals surface area contributed by atoms with Crippen LogP contribution in [-0.4, -0.2) is 39.2 Å². The molecule has 6 nitrogen and oxygen atoms in total. The molecule has 0 saturated heterocycles. The first-order valence-corrected chi connectivity index (χ1v) is 8.34. The predicted molar refractivity (Wildman–Crippen MR) is 94.6 cm³/mol. The highest BCUT2D eigenvalue weighted by Crippen LogP contribution is 2.30. The summed E-state index contributed by atoms with van der Waals surface area (Å²) in [6.07, 6.45) is 2.87. The Morgan fingerprint density at radius 2 is 2.08 bits per heavy atom. The molecule has 0 bridgehead atoms. The lowest BCUT2D eigenvalue weighted by Gasteiger charge is -2.24. The van der Waals surface area contributed by atoms with Crippen LogP contribution < -0.4 is 5.48 Å². The molecule has 1 aliphatic rings. The van der Waals surface area contributed by atoms with Crippen LogP contribution in [-0.2, 0) is 19.5 Å². The van der Waals surface area contributed by atoms with E-state index in [1.165, 1.54) is 16.6 Å². The number of benzene rings is 1. The van der Waals surface area contributed by atoms with Gasteiger partial charge < -0.3 is 9.47 Å². The normalized spacial score (nSPS) is 14.5. The monoisotopic (exact) mass is 336 g/mol. The van der Waals surface area contributed by atoms with Gasteiger partial charge >= 0.3 is 0 Å². The standard InChI is InChI=1S/C19H20N4O2/c1-22-10-8-15-16-3-2-9-20-18(16)23(17(15)12-22)11-13-4-6-14(7-5-13)19(24)21-25/h2-7,9,25H,8,10-12H2,1H3,(H,21,24). The van der Waals surface area contributed by atoms with E-state index < -0.39 is 5.91 Å². The molecule has 3 aromatic rings. The van der Waals surface area contributed by atoms with Crippen LogP contribution in [0.25, 0.3) is 11.0 Å². The third-order valence-electron chi connectivity index (χ3n) is 4.86. The third-order valence-corrected chi connectivity index (χ3v) is 4.86. The number of amides is 1. The number of hydrogen-bond donors (Lipinski definition) is 2. The summed E-state index contributed by atoms with van der Waals surface area (Å²) in [5.74, 6) is -0.501. The van der Waals surface area contributed by atoms with E-state index in [2.05, 4.69) is 27.6 Å². The number of carbonyl (C=O) groups is 1. The Morgan fingerprint density at radius 1 is 1.28 bits per heavy atom. The molecule has 0 radical (unpaired) electrons. The van der Waals surface area contributed by atoms with Gasteiger partial charge in [0.25, 0.3) is 5.91 Å². The number of aromatic nitrogens is 2. The van der Waals surface area contributed by atoms with Crippen molar-refractivity contribution in [2.24, 2.45) is 0 Å². The fraction of sp³-hybridized carbons (Fsp3) is 0.263. The van der Waals surface area contributed by atoms with E-state index in [1.54, 1.807) is 17.6 Å². The highest BCUT2D eigenvalue weighted by atomic mass is 16.5. The largest absolute Gasteiger partial charge is 0.324 e. The molecule has 0 spiro atoms. The van der Waals surface area contributed by atoms with Crippen LogP contribution in [0.4, 0.5) is 0 Å². The van der Waals surface area contributed by atoms with E-state index in [9.17, 15) is 4.79 Å². The highest BCUT2D eigenvalue weighted by Gasteiger charge is 2.22. The Labute approximate surface area is 145 Å². The quantitative estimate of drug-likeness (QED) is 0.568. The molecule has 25 heavy (non-hydrogen) atoms. The molecule has 1 amide bonds. The number of hydrogen-bond acceptors (Lipinski definition) is 4. The van der Waals surface area contributed by atoms with Crippen LogP contribution in [0, 0.1) is 0 Å². The number of pyridine rings is 1. The number of likely N-dealkylation sites (N-methyl/N-ethyl adjacent to an activating group) is 1. The van der Waals surface area contributed by atoms with Gasteiger partial charge in [-0.2, -0.15) is 0 Å². The molecule has 128 valence electrons. The van der Waals surface area contributed by atoms with Crippen LogP contribution >= 0.6 is 0 Å². The van der Waals surface area contributed by atoms with Gasteiger partial charge in [-0.1, -0.05) is 12.1 Å². The number of nitrogens with one attached hydrogen (secondary N) is 1. The predicted octanol–water partition coefficient (Wildman–Crippen LogP) is 2.19. The molecule has 0 saturated carbocycles. The van der Waals surface area contributed by atoms with Crippen molar-refractivity contribution in [3.05, 3.63) is 65.0 Å². The van der Waals surface area contributed by atoms with Crippen LogP contribution in [0.2, 0.25) is 0 Å². The van der Waals surface area contributed by atoms with Gasteiger partial charge in [0, 0.05) is 42.5 Å². The van der Waals surface area contributed by atoms with Gasteiger partial charge in [-0.15, -0.1) is 0 Å². The molecule has 4 rings (SSSR count). The van der Waals surface area contributed by atoms with Gasteiger partial charge in [0.05, 0.1) is 0 Å². The van der Waals surface area contributed by atoms with Crippen LogP contribution in [0.15, 0.2) is 42.6 Å². The van der Waals surface area contributed by atoms with Crippen molar-refractivity contribution in [2.45, 2.75) is 19.5 Å². The molecule has 2 N–H and O–H groups in total. The highest BCUT2D eigenvalue weighted by molar-refractivity contribution is 5.93. The summed E-state index contributed by atoms with van der Waals surface area (Å²) in [6.45, 7) is 2.68. The average molecular weight is 336 g/mol. The number of fused-ring (bicyclic) bond motifs is 3. The Balaban J connectivity index is 1.74. The maximum Gasteiger partial charge on any atom is 0.274 e. The topological polar surface area (TPSA) is 70.4 Å². The molecule has 3 heterocycles. The fourth-order valence-corrected chi connectivity index (χ4v) is 3.57. The SMILES string of the molecule is CN1CCc2c(n(Cc3ccc(C(=O)NO)cc3)c3ncccc23)C1. The van der Waals surface area contributed by atoms with E-state index in [0.717, 1.165) is 30.7 Å². The first-order valence-electron chi connectivity index (χ1n) is 8.34. The first-order chi connectivity index (χ1) is 12.2. The minimum atomic E-state index is -0.501. The lowest BCUT2D eigenvalue weighted by molar-refractivity contribution is 0.0706. The summed E-state index contributed by atoms with van der Waals surface area (Å²) < 4.78 is 2.28. The second-order valence-corrected chi connectivity index (χ2v) is 6.51. The Bertz CT molecular complexity index is 930. The Kier molecular flexibility index (Phi) is 3.99. The van der Waals surface area contributed by atoms with E-state index in [0.29, 0.717) is 12.1 Å². The molecule has 0 unspecified atom stereocenters. The van der Waals surface area contributed by atoms with Crippen molar-refractivity contribution >= 4 is 16.9 Å². The minimum absolute atomic E-state index is 0.434. The molecular formula is C19H20N4O2. The van der Waals surface area contributed by atoms with E-state index >= 15 is 0 Å². The maximum atomic E-state index is 11.5. The third kappa shape index (κ3) is 2.79. The molecule has 1 aliphatic heterocycles. The zero-order valence-corrected chi connectivity index (χ0v) is 14.1. The smallest absolute Gasteiger partial charge is 0.274 e. The van der Waals surface area contributed by atoms with Gasteiger partial charge in [0.1, 0.15) is 5.65 Å². The van der Waals surface area contributed by atoms with Gasteiger partial charge in [-0.05, 0) is 48.9 Å². The summed E-state index contributed by atoms with van der Waals surface area (Å²) in [6, 6.07) is 11.4.